The number of ether oxygens (including phenoxy) is 1. The molecule has 1 aliphatic heterocycles. The van der Waals surface area contributed by atoms with Crippen LogP contribution in [0.4, 0.5) is 5.82 Å². The topological polar surface area (TPSA) is 76.5 Å². The molecule has 132 valence electrons. The number of aliphatic imine (C=N–C) groups is 1. The summed E-state index contributed by atoms with van der Waals surface area (Å²) in [5.41, 5.74) is 3.22. The average Bonchev–Trinajstić information content (AvgIpc) is 2.99. The highest BCUT2D eigenvalue weighted by molar-refractivity contribution is 6.05. The zero-order valence-corrected chi connectivity index (χ0v) is 15.0. The molecule has 1 aromatic heterocycles. The number of hydrogen-bond donors (Lipinski definition) is 1. The maximum atomic E-state index is 11.9. The van der Waals surface area contributed by atoms with E-state index in [-0.39, 0.29) is 11.9 Å². The fraction of sp³-hybridized carbons (Fsp3) is 0.474. The van der Waals surface area contributed by atoms with E-state index < -0.39 is 0 Å². The summed E-state index contributed by atoms with van der Waals surface area (Å²) >= 11 is 0. The van der Waals surface area contributed by atoms with Gasteiger partial charge in [0.25, 0.3) is 0 Å². The average molecular weight is 340 g/mol. The van der Waals surface area contributed by atoms with Crippen molar-refractivity contribution in [2.45, 2.75) is 40.0 Å². The number of amidine groups is 1. The summed E-state index contributed by atoms with van der Waals surface area (Å²) in [7, 11) is 0. The summed E-state index contributed by atoms with van der Waals surface area (Å²) in [4.78, 5) is 25.5. The molecule has 0 saturated carbocycles. The number of aromatic nitrogens is 2. The van der Waals surface area contributed by atoms with Gasteiger partial charge >= 0.3 is 5.97 Å². The number of nitrogens with zero attached hydrogens (tertiary/aromatic N) is 3. The minimum atomic E-state index is -0.105. The Balaban J connectivity index is 1.73. The zero-order chi connectivity index (χ0) is 17.8. The molecule has 2 heterocycles. The molecule has 6 nitrogen and oxygen atoms in total. The second-order valence-electron chi connectivity index (χ2n) is 6.49. The summed E-state index contributed by atoms with van der Waals surface area (Å²) in [6, 6.07) is 1.91. The Hall–Kier alpha value is -2.50. The Morgan fingerprint density at radius 1 is 1.36 bits per heavy atom. The summed E-state index contributed by atoms with van der Waals surface area (Å²) in [5.74, 6) is 2.16. The third kappa shape index (κ3) is 4.32. The monoisotopic (exact) mass is 340 g/mol. The van der Waals surface area contributed by atoms with Gasteiger partial charge in [0.2, 0.25) is 0 Å². The standard InChI is InChI=1S/C19H24N4O2/c1-4-25-19(24)15-7-5-14(6-8-15)18-21-13(3)10-17(23-18)22-16-9-12(2)11-20-16/h5,9-10,15H,4,6-8,11H2,1-3H3,(H,20,21,22,23). The highest BCUT2D eigenvalue weighted by Gasteiger charge is 2.24. The second-order valence-corrected chi connectivity index (χ2v) is 6.49. The van der Waals surface area contributed by atoms with Crippen molar-refractivity contribution >= 4 is 23.2 Å². The van der Waals surface area contributed by atoms with Crippen LogP contribution in [-0.2, 0) is 9.53 Å². The molecule has 0 bridgehead atoms. The molecule has 3 rings (SSSR count). The summed E-state index contributed by atoms with van der Waals surface area (Å²) in [6.45, 7) is 7.02. The van der Waals surface area contributed by atoms with E-state index in [2.05, 4.69) is 33.3 Å². The quantitative estimate of drug-likeness (QED) is 0.851. The molecule has 1 unspecified atom stereocenters. The van der Waals surface area contributed by atoms with Crippen molar-refractivity contribution in [2.24, 2.45) is 10.9 Å². The van der Waals surface area contributed by atoms with Crippen molar-refractivity contribution in [3.8, 4) is 0 Å². The molecular formula is C19H24N4O2. The second kappa shape index (κ2) is 7.59. The van der Waals surface area contributed by atoms with Crippen LogP contribution in [0.15, 0.2) is 28.8 Å². The van der Waals surface area contributed by atoms with Crippen LogP contribution in [-0.4, -0.2) is 34.9 Å². The van der Waals surface area contributed by atoms with Gasteiger partial charge in [-0.15, -0.1) is 0 Å². The lowest BCUT2D eigenvalue weighted by molar-refractivity contribution is -0.148. The van der Waals surface area contributed by atoms with Gasteiger partial charge < -0.3 is 10.1 Å². The zero-order valence-electron chi connectivity index (χ0n) is 15.0. The highest BCUT2D eigenvalue weighted by Crippen LogP contribution is 2.30. The van der Waals surface area contributed by atoms with E-state index in [1.165, 1.54) is 5.57 Å². The van der Waals surface area contributed by atoms with Gasteiger partial charge in [0, 0.05) is 11.8 Å². The van der Waals surface area contributed by atoms with Gasteiger partial charge in [0.15, 0.2) is 5.82 Å². The van der Waals surface area contributed by atoms with Crippen molar-refractivity contribution in [1.82, 2.24) is 9.97 Å². The Labute approximate surface area is 148 Å². The van der Waals surface area contributed by atoms with Crippen molar-refractivity contribution in [3.05, 3.63) is 35.3 Å². The number of hydrogen-bond acceptors (Lipinski definition) is 6. The molecule has 1 atom stereocenters. The lowest BCUT2D eigenvalue weighted by Gasteiger charge is -2.20. The van der Waals surface area contributed by atoms with Crippen molar-refractivity contribution in [3.63, 3.8) is 0 Å². The number of carbonyl (C=O) groups is 1. The molecule has 6 heteroatoms. The van der Waals surface area contributed by atoms with E-state index in [0.29, 0.717) is 13.0 Å². The van der Waals surface area contributed by atoms with Crippen LogP contribution >= 0.6 is 0 Å². The number of carbonyl (C=O) groups excluding carboxylic acids is 1. The minimum Gasteiger partial charge on any atom is -0.466 e. The highest BCUT2D eigenvalue weighted by atomic mass is 16.5. The van der Waals surface area contributed by atoms with E-state index in [4.69, 9.17) is 4.74 Å². The number of esters is 1. The molecule has 0 radical (unpaired) electrons. The molecule has 1 N–H and O–H groups in total. The van der Waals surface area contributed by atoms with E-state index in [1.807, 2.05) is 26.0 Å². The maximum absolute atomic E-state index is 11.9. The largest absolute Gasteiger partial charge is 0.466 e. The summed E-state index contributed by atoms with van der Waals surface area (Å²) in [6.07, 6.45) is 6.34. The summed E-state index contributed by atoms with van der Waals surface area (Å²) < 4.78 is 5.12. The molecule has 1 aliphatic carbocycles. The first-order valence-corrected chi connectivity index (χ1v) is 8.75. The van der Waals surface area contributed by atoms with Crippen molar-refractivity contribution in [2.75, 3.05) is 18.5 Å². The molecule has 25 heavy (non-hydrogen) atoms. The van der Waals surface area contributed by atoms with E-state index >= 15 is 0 Å². The molecule has 0 amide bonds. The van der Waals surface area contributed by atoms with E-state index in [0.717, 1.165) is 48.1 Å². The molecule has 0 fully saturated rings. The lowest BCUT2D eigenvalue weighted by Crippen LogP contribution is -2.20. The summed E-state index contributed by atoms with van der Waals surface area (Å²) in [5, 5.41) is 3.26. The number of anilines is 1. The third-order valence-electron chi connectivity index (χ3n) is 4.31. The molecule has 1 aromatic rings. The number of allylic oxidation sites excluding steroid dienone is 2. The molecule has 0 saturated heterocycles. The van der Waals surface area contributed by atoms with Crippen molar-refractivity contribution < 1.29 is 9.53 Å². The van der Waals surface area contributed by atoms with Gasteiger partial charge in [-0.1, -0.05) is 6.08 Å². The first kappa shape index (κ1) is 17.3. The molecular weight excluding hydrogens is 316 g/mol. The Morgan fingerprint density at radius 3 is 2.84 bits per heavy atom. The van der Waals surface area contributed by atoms with Crippen LogP contribution in [0.5, 0.6) is 0 Å². The van der Waals surface area contributed by atoms with E-state index in [1.54, 1.807) is 0 Å². The first-order valence-electron chi connectivity index (χ1n) is 8.75. The maximum Gasteiger partial charge on any atom is 0.309 e. The van der Waals surface area contributed by atoms with Crippen LogP contribution in [0.2, 0.25) is 0 Å². The normalized spacial score (nSPS) is 19.8. The van der Waals surface area contributed by atoms with Crippen LogP contribution in [0.3, 0.4) is 0 Å². The van der Waals surface area contributed by atoms with Gasteiger partial charge in [0.1, 0.15) is 11.7 Å². The van der Waals surface area contributed by atoms with Gasteiger partial charge in [-0.05, 0) is 57.3 Å². The predicted molar refractivity (Wildman–Crippen MR) is 98.4 cm³/mol. The minimum absolute atomic E-state index is 0.0490. The number of aryl methyl sites for hydroxylation is 1. The number of nitrogens with one attached hydrogen (secondary N) is 1. The fourth-order valence-corrected chi connectivity index (χ4v) is 3.03. The number of rotatable bonds is 4. The SMILES string of the molecule is CCOC(=O)C1CC=C(c2nc(C)cc(NC3=NCC(C)=C3)n2)CC1. The van der Waals surface area contributed by atoms with Crippen molar-refractivity contribution in [1.29, 1.82) is 0 Å². The Morgan fingerprint density at radius 2 is 2.20 bits per heavy atom. The van der Waals surface area contributed by atoms with Crippen LogP contribution in [0, 0.1) is 12.8 Å². The Bertz CT molecular complexity index is 765. The fourth-order valence-electron chi connectivity index (χ4n) is 3.03. The van der Waals surface area contributed by atoms with Crippen LogP contribution in [0.1, 0.15) is 44.6 Å². The van der Waals surface area contributed by atoms with Gasteiger partial charge in [-0.3, -0.25) is 9.79 Å². The molecule has 2 aliphatic rings. The van der Waals surface area contributed by atoms with Gasteiger partial charge in [-0.2, -0.15) is 0 Å². The van der Waals surface area contributed by atoms with Crippen LogP contribution < -0.4 is 5.32 Å². The third-order valence-corrected chi connectivity index (χ3v) is 4.31. The smallest absolute Gasteiger partial charge is 0.309 e. The first-order chi connectivity index (χ1) is 12.0. The van der Waals surface area contributed by atoms with Gasteiger partial charge in [0.05, 0.1) is 19.1 Å². The molecule has 0 aromatic carbocycles. The Kier molecular flexibility index (Phi) is 5.26. The van der Waals surface area contributed by atoms with Crippen LogP contribution in [0.25, 0.3) is 5.57 Å². The van der Waals surface area contributed by atoms with Gasteiger partial charge in [-0.25, -0.2) is 9.97 Å². The lowest BCUT2D eigenvalue weighted by atomic mass is 9.89. The molecule has 0 spiro atoms. The predicted octanol–water partition coefficient (Wildman–Crippen LogP) is 3.30. The van der Waals surface area contributed by atoms with E-state index in [9.17, 15) is 4.79 Å².